The number of aromatic amines is 1. The van der Waals surface area contributed by atoms with Gasteiger partial charge in [0.25, 0.3) is 0 Å². The zero-order valence-corrected chi connectivity index (χ0v) is 6.77. The molecule has 62 valence electrons. The lowest BCUT2D eigenvalue weighted by Crippen LogP contribution is -2.18. The molecule has 0 fully saturated rings. The predicted octanol–water partition coefficient (Wildman–Crippen LogP) is 0.179. The van der Waals surface area contributed by atoms with Gasteiger partial charge in [-0.3, -0.25) is 4.57 Å². The summed E-state index contributed by atoms with van der Waals surface area (Å²) in [7, 11) is 0. The van der Waals surface area contributed by atoms with Crippen LogP contribution in [0.25, 0.3) is 0 Å². The third-order valence-corrected chi connectivity index (χ3v) is 1.72. The molecule has 0 atom stereocenters. The monoisotopic (exact) mass is 175 g/mol. The molecule has 0 aliphatic heterocycles. The molecule has 0 aliphatic carbocycles. The zero-order chi connectivity index (χ0) is 8.27. The first-order valence-electron chi connectivity index (χ1n) is 3.39. The van der Waals surface area contributed by atoms with E-state index in [1.807, 2.05) is 0 Å². The van der Waals surface area contributed by atoms with Crippen LogP contribution in [0.3, 0.4) is 0 Å². The minimum atomic E-state index is -0.177. The summed E-state index contributed by atoms with van der Waals surface area (Å²) in [5.41, 5.74) is 5.10. The third kappa shape index (κ3) is 1.85. The van der Waals surface area contributed by atoms with Crippen molar-refractivity contribution in [1.82, 2.24) is 9.55 Å². The SMILES string of the molecule is NCCCn1c(Cl)c[nH]c1=O. The van der Waals surface area contributed by atoms with E-state index in [1.165, 1.54) is 10.8 Å². The number of rotatable bonds is 3. The highest BCUT2D eigenvalue weighted by Gasteiger charge is 2.00. The molecule has 0 saturated heterocycles. The van der Waals surface area contributed by atoms with Crippen LogP contribution < -0.4 is 11.4 Å². The quantitative estimate of drug-likeness (QED) is 0.689. The van der Waals surface area contributed by atoms with Gasteiger partial charge in [0.05, 0.1) is 0 Å². The molecule has 1 aromatic rings. The third-order valence-electron chi connectivity index (χ3n) is 1.40. The van der Waals surface area contributed by atoms with Crippen molar-refractivity contribution in [1.29, 1.82) is 0 Å². The number of nitrogens with two attached hydrogens (primary N) is 1. The van der Waals surface area contributed by atoms with E-state index in [4.69, 9.17) is 17.3 Å². The van der Waals surface area contributed by atoms with Crippen LogP contribution in [0.2, 0.25) is 5.15 Å². The largest absolute Gasteiger partial charge is 0.330 e. The lowest BCUT2D eigenvalue weighted by Gasteiger charge is -1.98. The lowest BCUT2D eigenvalue weighted by molar-refractivity contribution is 0.632. The van der Waals surface area contributed by atoms with Gasteiger partial charge >= 0.3 is 5.69 Å². The van der Waals surface area contributed by atoms with Crippen molar-refractivity contribution < 1.29 is 0 Å². The van der Waals surface area contributed by atoms with Crippen molar-refractivity contribution in [2.24, 2.45) is 5.73 Å². The summed E-state index contributed by atoms with van der Waals surface area (Å²) in [4.78, 5) is 13.4. The predicted molar refractivity (Wildman–Crippen MR) is 43.7 cm³/mol. The van der Waals surface area contributed by atoms with Crippen LogP contribution >= 0.6 is 11.6 Å². The van der Waals surface area contributed by atoms with Gasteiger partial charge in [-0.15, -0.1) is 0 Å². The summed E-state index contributed by atoms with van der Waals surface area (Å²) in [5, 5.41) is 0.434. The molecular formula is C6H10ClN3O. The van der Waals surface area contributed by atoms with Crippen molar-refractivity contribution in [3.05, 3.63) is 21.8 Å². The number of aromatic nitrogens is 2. The molecule has 0 radical (unpaired) electrons. The van der Waals surface area contributed by atoms with Gasteiger partial charge in [-0.05, 0) is 13.0 Å². The van der Waals surface area contributed by atoms with Crippen molar-refractivity contribution in [2.45, 2.75) is 13.0 Å². The summed E-state index contributed by atoms with van der Waals surface area (Å²) in [6.07, 6.45) is 2.23. The molecule has 1 aromatic heterocycles. The van der Waals surface area contributed by atoms with Crippen LogP contribution in [0, 0.1) is 0 Å². The highest BCUT2D eigenvalue weighted by atomic mass is 35.5. The molecule has 0 amide bonds. The summed E-state index contributed by atoms with van der Waals surface area (Å²) < 4.78 is 1.45. The van der Waals surface area contributed by atoms with E-state index in [1.54, 1.807) is 0 Å². The van der Waals surface area contributed by atoms with Gasteiger partial charge in [-0.25, -0.2) is 4.79 Å². The first-order valence-corrected chi connectivity index (χ1v) is 3.77. The Morgan fingerprint density at radius 2 is 2.45 bits per heavy atom. The van der Waals surface area contributed by atoms with Crippen molar-refractivity contribution >= 4 is 11.6 Å². The summed E-state index contributed by atoms with van der Waals surface area (Å²) >= 11 is 5.67. The number of hydrogen-bond acceptors (Lipinski definition) is 2. The van der Waals surface area contributed by atoms with Crippen LogP contribution in [0.5, 0.6) is 0 Å². The number of imidazole rings is 1. The number of nitrogens with zero attached hydrogens (tertiary/aromatic N) is 1. The van der Waals surface area contributed by atoms with Gasteiger partial charge < -0.3 is 10.7 Å². The topological polar surface area (TPSA) is 63.8 Å². The Balaban J connectivity index is 2.75. The Morgan fingerprint density at radius 1 is 1.73 bits per heavy atom. The fourth-order valence-corrected chi connectivity index (χ4v) is 1.05. The average Bonchev–Trinajstić information content (AvgIpc) is 2.29. The van der Waals surface area contributed by atoms with Gasteiger partial charge in [0.2, 0.25) is 0 Å². The molecule has 0 aliphatic rings. The number of nitrogens with one attached hydrogen (secondary N) is 1. The highest BCUT2D eigenvalue weighted by Crippen LogP contribution is 2.02. The average molecular weight is 176 g/mol. The molecule has 4 nitrogen and oxygen atoms in total. The maximum Gasteiger partial charge on any atom is 0.326 e. The van der Waals surface area contributed by atoms with E-state index < -0.39 is 0 Å². The van der Waals surface area contributed by atoms with E-state index in [9.17, 15) is 4.79 Å². The molecule has 1 heterocycles. The maximum atomic E-state index is 10.9. The van der Waals surface area contributed by atoms with Crippen molar-refractivity contribution in [3.8, 4) is 0 Å². The molecular weight excluding hydrogens is 166 g/mol. The molecule has 0 spiro atoms. The normalized spacial score (nSPS) is 10.4. The smallest absolute Gasteiger partial charge is 0.326 e. The van der Waals surface area contributed by atoms with E-state index in [-0.39, 0.29) is 5.69 Å². The molecule has 0 saturated carbocycles. The van der Waals surface area contributed by atoms with Gasteiger partial charge in [0, 0.05) is 12.7 Å². The van der Waals surface area contributed by atoms with Crippen LogP contribution in [0.15, 0.2) is 11.0 Å². The van der Waals surface area contributed by atoms with Gasteiger partial charge in [0.15, 0.2) is 0 Å². The van der Waals surface area contributed by atoms with E-state index in [0.29, 0.717) is 18.2 Å². The fraction of sp³-hybridized carbons (Fsp3) is 0.500. The first kappa shape index (κ1) is 8.36. The molecule has 0 aromatic carbocycles. The van der Waals surface area contributed by atoms with Gasteiger partial charge in [0.1, 0.15) is 5.15 Å². The minimum absolute atomic E-state index is 0.177. The molecule has 3 N–H and O–H groups in total. The summed E-state index contributed by atoms with van der Waals surface area (Å²) in [6, 6.07) is 0. The van der Waals surface area contributed by atoms with E-state index in [2.05, 4.69) is 4.98 Å². The first-order chi connectivity index (χ1) is 5.25. The van der Waals surface area contributed by atoms with Crippen LogP contribution in [0.1, 0.15) is 6.42 Å². The molecule has 0 unspecified atom stereocenters. The molecule has 1 rings (SSSR count). The molecule has 0 bridgehead atoms. The van der Waals surface area contributed by atoms with E-state index in [0.717, 1.165) is 6.42 Å². The zero-order valence-electron chi connectivity index (χ0n) is 6.01. The van der Waals surface area contributed by atoms with E-state index >= 15 is 0 Å². The fourth-order valence-electron chi connectivity index (χ4n) is 0.832. The second-order valence-electron chi connectivity index (χ2n) is 2.21. The second-order valence-corrected chi connectivity index (χ2v) is 2.60. The van der Waals surface area contributed by atoms with Crippen LogP contribution in [-0.2, 0) is 6.54 Å². The number of H-pyrrole nitrogens is 1. The van der Waals surface area contributed by atoms with Crippen molar-refractivity contribution in [3.63, 3.8) is 0 Å². The molecule has 5 heteroatoms. The standard InChI is InChI=1S/C6H10ClN3O/c7-5-4-9-6(11)10(5)3-1-2-8/h4H,1-3,8H2,(H,9,11). The van der Waals surface area contributed by atoms with Gasteiger partial charge in [-0.2, -0.15) is 0 Å². The Hall–Kier alpha value is -0.740. The minimum Gasteiger partial charge on any atom is -0.330 e. The van der Waals surface area contributed by atoms with Gasteiger partial charge in [-0.1, -0.05) is 11.6 Å². The maximum absolute atomic E-state index is 10.9. The van der Waals surface area contributed by atoms with Crippen molar-refractivity contribution in [2.75, 3.05) is 6.54 Å². The second kappa shape index (κ2) is 3.59. The highest BCUT2D eigenvalue weighted by molar-refractivity contribution is 6.29. The Labute approximate surface area is 69.0 Å². The number of halogens is 1. The van der Waals surface area contributed by atoms with Crippen LogP contribution in [0.4, 0.5) is 0 Å². The van der Waals surface area contributed by atoms with Crippen LogP contribution in [-0.4, -0.2) is 16.1 Å². The lowest BCUT2D eigenvalue weighted by atomic mass is 10.4. The summed E-state index contributed by atoms with van der Waals surface area (Å²) in [5.74, 6) is 0. The molecule has 11 heavy (non-hydrogen) atoms. The Bertz CT molecular complexity index is 278. The number of hydrogen-bond donors (Lipinski definition) is 2. The Morgan fingerprint density at radius 3 is 2.91 bits per heavy atom. The summed E-state index contributed by atoms with van der Waals surface area (Å²) in [6.45, 7) is 1.14. The Kier molecular flexibility index (Phi) is 2.73.